The van der Waals surface area contributed by atoms with Crippen LogP contribution in [0.15, 0.2) is 24.3 Å². The maximum absolute atomic E-state index is 9.45. The minimum absolute atomic E-state index is 0.101. The first-order valence-corrected chi connectivity index (χ1v) is 5.26. The van der Waals surface area contributed by atoms with Gasteiger partial charge in [0, 0.05) is 13.5 Å². The largest absolute Gasteiger partial charge is 0.493 e. The average Bonchev–Trinajstić information content (AvgIpc) is 2.29. The number of ether oxygens (including phenoxy) is 3. The van der Waals surface area contributed by atoms with E-state index in [4.69, 9.17) is 14.2 Å². The van der Waals surface area contributed by atoms with E-state index >= 15 is 0 Å². The van der Waals surface area contributed by atoms with Crippen LogP contribution in [0.2, 0.25) is 0 Å². The van der Waals surface area contributed by atoms with Crippen molar-refractivity contribution in [2.75, 3.05) is 14.2 Å². The van der Waals surface area contributed by atoms with Crippen LogP contribution in [0.4, 0.5) is 0 Å². The van der Waals surface area contributed by atoms with E-state index in [9.17, 15) is 5.11 Å². The fraction of sp³-hybridized carbons (Fsp3) is 0.500. The Kier molecular flexibility index (Phi) is 3.31. The van der Waals surface area contributed by atoms with Gasteiger partial charge in [-0.3, -0.25) is 0 Å². The molecule has 0 spiro atoms. The third-order valence-corrected chi connectivity index (χ3v) is 2.84. The first-order valence-electron chi connectivity index (χ1n) is 5.26. The molecular formula is C12H16O4. The third-order valence-electron chi connectivity index (χ3n) is 2.84. The lowest BCUT2D eigenvalue weighted by Crippen LogP contribution is -2.54. The van der Waals surface area contributed by atoms with Crippen molar-refractivity contribution in [1.29, 1.82) is 0 Å². The number of hydrogen-bond donors (Lipinski definition) is 1. The van der Waals surface area contributed by atoms with Gasteiger partial charge in [-0.1, -0.05) is 12.1 Å². The van der Waals surface area contributed by atoms with Gasteiger partial charge in [0.05, 0.1) is 13.2 Å². The van der Waals surface area contributed by atoms with Gasteiger partial charge in [-0.15, -0.1) is 0 Å². The Hall–Kier alpha value is -1.26. The smallest absolute Gasteiger partial charge is 0.161 e. The van der Waals surface area contributed by atoms with Crippen molar-refractivity contribution in [3.63, 3.8) is 0 Å². The van der Waals surface area contributed by atoms with E-state index in [1.807, 2.05) is 24.3 Å². The Labute approximate surface area is 94.8 Å². The Morgan fingerprint density at radius 1 is 1.19 bits per heavy atom. The van der Waals surface area contributed by atoms with E-state index in [1.165, 1.54) is 0 Å². The molecule has 0 amide bonds. The lowest BCUT2D eigenvalue weighted by molar-refractivity contribution is -0.149. The topological polar surface area (TPSA) is 47.9 Å². The summed E-state index contributed by atoms with van der Waals surface area (Å²) in [6.07, 6.45) is -0.178. The number of para-hydroxylation sites is 2. The first-order chi connectivity index (χ1) is 7.76. The molecule has 0 bridgehead atoms. The zero-order valence-electron chi connectivity index (χ0n) is 9.42. The highest BCUT2D eigenvalue weighted by Gasteiger charge is 2.42. The van der Waals surface area contributed by atoms with E-state index in [0.29, 0.717) is 17.9 Å². The van der Waals surface area contributed by atoms with Crippen molar-refractivity contribution in [3.05, 3.63) is 24.3 Å². The molecule has 3 unspecified atom stereocenters. The SMILES string of the molecule is COc1ccccc1OC1CC(O)C1OC. The molecule has 0 heterocycles. The van der Waals surface area contributed by atoms with Gasteiger partial charge >= 0.3 is 0 Å². The lowest BCUT2D eigenvalue weighted by Gasteiger charge is -2.40. The molecule has 4 heteroatoms. The fourth-order valence-corrected chi connectivity index (χ4v) is 1.86. The highest BCUT2D eigenvalue weighted by molar-refractivity contribution is 5.39. The maximum atomic E-state index is 9.45. The molecule has 1 aromatic rings. The number of hydrogen-bond acceptors (Lipinski definition) is 4. The van der Waals surface area contributed by atoms with E-state index < -0.39 is 6.10 Å². The van der Waals surface area contributed by atoms with Gasteiger partial charge in [0.15, 0.2) is 11.5 Å². The molecule has 1 aliphatic carbocycles. The molecule has 3 atom stereocenters. The summed E-state index contributed by atoms with van der Waals surface area (Å²) in [7, 11) is 3.18. The number of benzene rings is 1. The standard InChI is InChI=1S/C12H16O4/c1-14-9-5-3-4-6-10(9)16-11-7-8(13)12(11)15-2/h3-6,8,11-13H,7H2,1-2H3. The molecule has 1 N–H and O–H groups in total. The Balaban J connectivity index is 2.04. The molecule has 0 radical (unpaired) electrons. The van der Waals surface area contributed by atoms with Crippen molar-refractivity contribution >= 4 is 0 Å². The van der Waals surface area contributed by atoms with Gasteiger partial charge < -0.3 is 19.3 Å². The molecule has 1 aromatic carbocycles. The predicted octanol–water partition coefficient (Wildman–Crippen LogP) is 1.22. The lowest BCUT2D eigenvalue weighted by atomic mass is 9.88. The van der Waals surface area contributed by atoms with Crippen LogP contribution in [-0.4, -0.2) is 37.6 Å². The van der Waals surface area contributed by atoms with Crippen molar-refractivity contribution in [2.24, 2.45) is 0 Å². The van der Waals surface area contributed by atoms with Crippen LogP contribution in [0.3, 0.4) is 0 Å². The van der Waals surface area contributed by atoms with Gasteiger partial charge in [-0.05, 0) is 12.1 Å². The Morgan fingerprint density at radius 3 is 2.44 bits per heavy atom. The first kappa shape index (κ1) is 11.2. The van der Waals surface area contributed by atoms with Crippen molar-refractivity contribution in [3.8, 4) is 11.5 Å². The summed E-state index contributed by atoms with van der Waals surface area (Å²) in [5.41, 5.74) is 0. The summed E-state index contributed by atoms with van der Waals surface area (Å²) in [4.78, 5) is 0. The fourth-order valence-electron chi connectivity index (χ4n) is 1.86. The zero-order chi connectivity index (χ0) is 11.5. The summed E-state index contributed by atoms with van der Waals surface area (Å²) in [5.74, 6) is 1.38. The van der Waals surface area contributed by atoms with Gasteiger partial charge in [-0.2, -0.15) is 0 Å². The van der Waals surface area contributed by atoms with Crippen LogP contribution in [-0.2, 0) is 4.74 Å². The molecule has 0 saturated heterocycles. The van der Waals surface area contributed by atoms with Crippen molar-refractivity contribution in [1.82, 2.24) is 0 Å². The quantitative estimate of drug-likeness (QED) is 0.835. The van der Waals surface area contributed by atoms with Crippen LogP contribution in [0, 0.1) is 0 Å². The highest BCUT2D eigenvalue weighted by atomic mass is 16.6. The normalized spacial score (nSPS) is 28.3. The molecule has 0 aromatic heterocycles. The van der Waals surface area contributed by atoms with Crippen LogP contribution in [0.1, 0.15) is 6.42 Å². The summed E-state index contributed by atoms with van der Waals surface area (Å²) >= 11 is 0. The van der Waals surface area contributed by atoms with Gasteiger partial charge in [0.25, 0.3) is 0 Å². The summed E-state index contributed by atoms with van der Waals surface area (Å²) in [6, 6.07) is 7.45. The zero-order valence-corrected chi connectivity index (χ0v) is 9.42. The van der Waals surface area contributed by atoms with Gasteiger partial charge in [0.1, 0.15) is 12.2 Å². The molecular weight excluding hydrogens is 208 g/mol. The van der Waals surface area contributed by atoms with Crippen molar-refractivity contribution < 1.29 is 19.3 Å². The van der Waals surface area contributed by atoms with E-state index in [2.05, 4.69) is 0 Å². The van der Waals surface area contributed by atoms with E-state index in [1.54, 1.807) is 14.2 Å². The molecule has 2 rings (SSSR count). The molecule has 1 fully saturated rings. The molecule has 88 valence electrons. The third kappa shape index (κ3) is 1.99. The second kappa shape index (κ2) is 4.72. The summed E-state index contributed by atoms with van der Waals surface area (Å²) in [6.45, 7) is 0. The molecule has 4 nitrogen and oxygen atoms in total. The average molecular weight is 224 g/mol. The summed E-state index contributed by atoms with van der Waals surface area (Å²) in [5, 5.41) is 9.45. The Morgan fingerprint density at radius 2 is 1.88 bits per heavy atom. The van der Waals surface area contributed by atoms with Crippen LogP contribution in [0.5, 0.6) is 11.5 Å². The minimum Gasteiger partial charge on any atom is -0.493 e. The van der Waals surface area contributed by atoms with Crippen LogP contribution < -0.4 is 9.47 Å². The minimum atomic E-state index is -0.426. The van der Waals surface area contributed by atoms with Crippen LogP contribution >= 0.6 is 0 Å². The maximum Gasteiger partial charge on any atom is 0.161 e. The number of rotatable bonds is 4. The van der Waals surface area contributed by atoms with Crippen molar-refractivity contribution in [2.45, 2.75) is 24.7 Å². The van der Waals surface area contributed by atoms with E-state index in [0.717, 1.165) is 0 Å². The van der Waals surface area contributed by atoms with Gasteiger partial charge in [-0.25, -0.2) is 0 Å². The number of aliphatic hydroxyl groups is 1. The molecule has 1 saturated carbocycles. The number of methoxy groups -OCH3 is 2. The predicted molar refractivity (Wildman–Crippen MR) is 58.8 cm³/mol. The van der Waals surface area contributed by atoms with Gasteiger partial charge in [0.2, 0.25) is 0 Å². The summed E-state index contributed by atoms with van der Waals surface area (Å²) < 4.78 is 16.1. The Bertz CT molecular complexity index is 353. The molecule has 16 heavy (non-hydrogen) atoms. The number of aliphatic hydroxyl groups excluding tert-OH is 1. The second-order valence-electron chi connectivity index (χ2n) is 3.81. The van der Waals surface area contributed by atoms with E-state index in [-0.39, 0.29) is 12.2 Å². The molecule has 0 aliphatic heterocycles. The monoisotopic (exact) mass is 224 g/mol. The second-order valence-corrected chi connectivity index (χ2v) is 3.81. The molecule has 1 aliphatic rings. The highest BCUT2D eigenvalue weighted by Crippen LogP contribution is 2.33. The van der Waals surface area contributed by atoms with Crippen LogP contribution in [0.25, 0.3) is 0 Å².